The maximum Gasteiger partial charge on any atom is 0.316 e. The van der Waals surface area contributed by atoms with Crippen LogP contribution in [0.3, 0.4) is 0 Å². The molecule has 1 N–H and O–H groups in total. The first-order valence-corrected chi connectivity index (χ1v) is 10.9. The summed E-state index contributed by atoms with van der Waals surface area (Å²) in [5.74, 6) is 1.17. The third-order valence-corrected chi connectivity index (χ3v) is 5.80. The standard InChI is InChI=1S/C21H17Cl2N5O2S/c1-30-18-9-8-16(23)12-17(18)24-19-20(29)28(27-10-2-3-11-27)21(26-25-19)31-13-14-4-6-15(22)7-5-14/h2-12H,13H2,1H3,(H,24,25). The molecule has 2 aromatic carbocycles. The summed E-state index contributed by atoms with van der Waals surface area (Å²) >= 11 is 13.4. The number of hydrogen-bond donors (Lipinski definition) is 1. The summed E-state index contributed by atoms with van der Waals surface area (Å²) in [4.78, 5) is 13.3. The number of benzene rings is 2. The Labute approximate surface area is 192 Å². The number of aromatic nitrogens is 4. The molecule has 0 bridgehead atoms. The van der Waals surface area contributed by atoms with Crippen LogP contribution >= 0.6 is 35.0 Å². The minimum Gasteiger partial charge on any atom is -0.495 e. The second-order valence-corrected chi connectivity index (χ2v) is 8.21. The van der Waals surface area contributed by atoms with Crippen LogP contribution in [0.5, 0.6) is 5.75 Å². The van der Waals surface area contributed by atoms with E-state index in [2.05, 4.69) is 15.5 Å². The van der Waals surface area contributed by atoms with Gasteiger partial charge in [0.15, 0.2) is 0 Å². The van der Waals surface area contributed by atoms with E-state index in [-0.39, 0.29) is 11.4 Å². The fourth-order valence-electron chi connectivity index (χ4n) is 2.83. The van der Waals surface area contributed by atoms with Crippen LogP contribution in [0, 0.1) is 0 Å². The fraction of sp³-hybridized carbons (Fsp3) is 0.0952. The highest BCUT2D eigenvalue weighted by molar-refractivity contribution is 7.98. The summed E-state index contributed by atoms with van der Waals surface area (Å²) in [7, 11) is 1.54. The monoisotopic (exact) mass is 473 g/mol. The largest absolute Gasteiger partial charge is 0.495 e. The molecule has 0 saturated heterocycles. The number of ether oxygens (including phenoxy) is 1. The maximum absolute atomic E-state index is 13.3. The molecule has 0 unspecified atom stereocenters. The summed E-state index contributed by atoms with van der Waals surface area (Å²) in [5.41, 5.74) is 1.20. The maximum atomic E-state index is 13.3. The Kier molecular flexibility index (Phi) is 6.50. The lowest BCUT2D eigenvalue weighted by Gasteiger charge is -2.15. The van der Waals surface area contributed by atoms with Gasteiger partial charge in [-0.25, -0.2) is 0 Å². The number of nitrogens with one attached hydrogen (secondary N) is 1. The minimum atomic E-state index is -0.369. The van der Waals surface area contributed by atoms with Crippen molar-refractivity contribution >= 4 is 46.5 Å². The Balaban J connectivity index is 1.69. The zero-order chi connectivity index (χ0) is 21.8. The van der Waals surface area contributed by atoms with Crippen molar-refractivity contribution in [3.05, 3.63) is 93.0 Å². The van der Waals surface area contributed by atoms with Crippen LogP contribution in [0.2, 0.25) is 10.0 Å². The fourth-order valence-corrected chi connectivity index (χ4v) is 4.01. The van der Waals surface area contributed by atoms with Crippen molar-refractivity contribution in [2.24, 2.45) is 0 Å². The molecule has 10 heteroatoms. The third kappa shape index (κ3) is 4.87. The van der Waals surface area contributed by atoms with Crippen LogP contribution in [0.25, 0.3) is 0 Å². The lowest BCUT2D eigenvalue weighted by atomic mass is 10.2. The Morgan fingerprint density at radius 3 is 2.45 bits per heavy atom. The minimum absolute atomic E-state index is 0.0464. The van der Waals surface area contributed by atoms with Crippen molar-refractivity contribution < 1.29 is 4.74 Å². The van der Waals surface area contributed by atoms with Crippen LogP contribution in [0.1, 0.15) is 5.56 Å². The number of rotatable bonds is 7. The molecule has 2 heterocycles. The molecule has 0 fully saturated rings. The van der Waals surface area contributed by atoms with Gasteiger partial charge in [0.2, 0.25) is 11.0 Å². The van der Waals surface area contributed by atoms with Gasteiger partial charge in [0.25, 0.3) is 0 Å². The number of halogens is 2. The molecular weight excluding hydrogens is 457 g/mol. The highest BCUT2D eigenvalue weighted by atomic mass is 35.5. The third-order valence-electron chi connectivity index (χ3n) is 4.33. The first kappa shape index (κ1) is 21.3. The van der Waals surface area contributed by atoms with Gasteiger partial charge in [-0.3, -0.25) is 9.47 Å². The molecule has 7 nitrogen and oxygen atoms in total. The number of nitrogens with zero attached hydrogens (tertiary/aromatic N) is 4. The Bertz CT molecular complexity index is 1240. The summed E-state index contributed by atoms with van der Waals surface area (Å²) in [5, 5.41) is 13.0. The van der Waals surface area contributed by atoms with E-state index in [9.17, 15) is 4.79 Å². The zero-order valence-corrected chi connectivity index (χ0v) is 18.7. The van der Waals surface area contributed by atoms with Gasteiger partial charge >= 0.3 is 5.56 Å². The van der Waals surface area contributed by atoms with Crippen molar-refractivity contribution in [1.29, 1.82) is 0 Å². The molecular formula is C21H17Cl2N5O2S. The quantitative estimate of drug-likeness (QED) is 0.376. The molecule has 0 amide bonds. The number of hydrogen-bond acceptors (Lipinski definition) is 6. The summed E-state index contributed by atoms with van der Waals surface area (Å²) in [6.45, 7) is 0. The normalized spacial score (nSPS) is 10.8. The van der Waals surface area contributed by atoms with E-state index in [4.69, 9.17) is 27.9 Å². The number of anilines is 2. The predicted molar refractivity (Wildman–Crippen MR) is 124 cm³/mol. The molecule has 0 aliphatic heterocycles. The SMILES string of the molecule is COc1ccc(Cl)cc1Nc1nnc(SCc2ccc(Cl)cc2)n(-n2cccc2)c1=O. The summed E-state index contributed by atoms with van der Waals surface area (Å²) in [6.07, 6.45) is 3.53. The van der Waals surface area contributed by atoms with Gasteiger partial charge in [-0.05, 0) is 48.0 Å². The van der Waals surface area contributed by atoms with Gasteiger partial charge in [0.05, 0.1) is 12.8 Å². The van der Waals surface area contributed by atoms with Crippen molar-refractivity contribution in [2.45, 2.75) is 10.9 Å². The lowest BCUT2D eigenvalue weighted by Crippen LogP contribution is -2.30. The molecule has 0 atom stereocenters. The van der Waals surface area contributed by atoms with Gasteiger partial charge in [-0.15, -0.1) is 10.2 Å². The molecule has 31 heavy (non-hydrogen) atoms. The Morgan fingerprint density at radius 2 is 1.74 bits per heavy atom. The van der Waals surface area contributed by atoms with E-state index in [0.29, 0.717) is 32.4 Å². The van der Waals surface area contributed by atoms with E-state index in [1.807, 2.05) is 36.4 Å². The van der Waals surface area contributed by atoms with Gasteiger partial charge < -0.3 is 10.1 Å². The molecule has 4 aromatic rings. The highest BCUT2D eigenvalue weighted by Crippen LogP contribution is 2.29. The van der Waals surface area contributed by atoms with Crippen molar-refractivity contribution in [1.82, 2.24) is 19.5 Å². The van der Waals surface area contributed by atoms with E-state index in [1.165, 1.54) is 23.5 Å². The molecule has 158 valence electrons. The van der Waals surface area contributed by atoms with Crippen LogP contribution in [0.4, 0.5) is 11.5 Å². The van der Waals surface area contributed by atoms with Crippen molar-refractivity contribution in [3.8, 4) is 5.75 Å². The van der Waals surface area contributed by atoms with Crippen molar-refractivity contribution in [3.63, 3.8) is 0 Å². The second kappa shape index (κ2) is 9.47. The molecule has 0 spiro atoms. The molecule has 4 rings (SSSR count). The summed E-state index contributed by atoms with van der Waals surface area (Å²) < 4.78 is 8.44. The van der Waals surface area contributed by atoms with Gasteiger partial charge in [0, 0.05) is 28.2 Å². The Hall–Kier alpha value is -2.94. The van der Waals surface area contributed by atoms with Crippen LogP contribution in [-0.4, -0.2) is 26.7 Å². The zero-order valence-electron chi connectivity index (χ0n) is 16.3. The van der Waals surface area contributed by atoms with Gasteiger partial charge in [-0.1, -0.05) is 47.1 Å². The molecule has 0 saturated carbocycles. The van der Waals surface area contributed by atoms with Crippen LogP contribution < -0.4 is 15.6 Å². The average molecular weight is 474 g/mol. The van der Waals surface area contributed by atoms with E-state index >= 15 is 0 Å². The topological polar surface area (TPSA) is 74.0 Å². The summed E-state index contributed by atoms with van der Waals surface area (Å²) in [6, 6.07) is 16.2. The van der Waals surface area contributed by atoms with E-state index in [0.717, 1.165) is 5.56 Å². The van der Waals surface area contributed by atoms with E-state index in [1.54, 1.807) is 35.3 Å². The van der Waals surface area contributed by atoms with Gasteiger partial charge in [0.1, 0.15) is 5.75 Å². The smallest absolute Gasteiger partial charge is 0.316 e. The molecule has 2 aromatic heterocycles. The molecule has 0 aliphatic rings. The van der Waals surface area contributed by atoms with Crippen LogP contribution in [-0.2, 0) is 5.75 Å². The van der Waals surface area contributed by atoms with Crippen molar-refractivity contribution in [2.75, 3.05) is 12.4 Å². The molecule has 0 radical (unpaired) electrons. The first-order valence-electron chi connectivity index (χ1n) is 9.16. The second-order valence-electron chi connectivity index (χ2n) is 6.40. The first-order chi connectivity index (χ1) is 15.0. The van der Waals surface area contributed by atoms with Crippen LogP contribution in [0.15, 0.2) is 76.9 Å². The van der Waals surface area contributed by atoms with Gasteiger partial charge in [-0.2, -0.15) is 4.68 Å². The number of methoxy groups -OCH3 is 1. The lowest BCUT2D eigenvalue weighted by molar-refractivity contribution is 0.416. The molecule has 0 aliphatic carbocycles. The predicted octanol–water partition coefficient (Wildman–Crippen LogP) is 5.10. The Morgan fingerprint density at radius 1 is 1.03 bits per heavy atom. The highest BCUT2D eigenvalue weighted by Gasteiger charge is 2.16. The average Bonchev–Trinajstić information content (AvgIpc) is 3.29. The number of thioether (sulfide) groups is 1. The van der Waals surface area contributed by atoms with E-state index < -0.39 is 0 Å².